The third kappa shape index (κ3) is 1.70. The Kier molecular flexibility index (Phi) is 2.66. The molecule has 1 saturated carbocycles. The maximum Gasteiger partial charge on any atom is 0.337 e. The molecule has 0 aromatic heterocycles. The number of hydrogen-bond acceptors (Lipinski definition) is 3. The second-order valence-corrected chi connectivity index (χ2v) is 4.24. The fourth-order valence-corrected chi connectivity index (χ4v) is 2.03. The predicted octanol–water partition coefficient (Wildman–Crippen LogP) is 1.71. The zero-order valence-corrected chi connectivity index (χ0v) is 9.37. The number of carbonyl (C=O) groups is 1. The summed E-state index contributed by atoms with van der Waals surface area (Å²) in [5.41, 5.74) is 4.99. The smallest absolute Gasteiger partial charge is 0.337 e. The number of methoxy groups -OCH3 is 1. The number of ether oxygens (including phenoxy) is 1. The zero-order chi connectivity index (χ0) is 12.7. The van der Waals surface area contributed by atoms with Crippen LogP contribution >= 0.6 is 0 Å². The molecule has 1 unspecified atom stereocenters. The number of benzene rings is 1. The highest BCUT2D eigenvalue weighted by atomic mass is 19.3. The van der Waals surface area contributed by atoms with Crippen LogP contribution in [0.15, 0.2) is 24.3 Å². The first-order valence-electron chi connectivity index (χ1n) is 5.23. The van der Waals surface area contributed by atoms with Gasteiger partial charge >= 0.3 is 5.97 Å². The molecule has 0 heterocycles. The predicted molar refractivity (Wildman–Crippen MR) is 58.1 cm³/mol. The Morgan fingerprint density at radius 3 is 2.29 bits per heavy atom. The fraction of sp³-hybridized carbons (Fsp3) is 0.417. The van der Waals surface area contributed by atoms with Crippen molar-refractivity contribution >= 4 is 5.97 Å². The molecule has 1 aliphatic rings. The summed E-state index contributed by atoms with van der Waals surface area (Å²) in [4.78, 5) is 11.2. The molecule has 0 bridgehead atoms. The van der Waals surface area contributed by atoms with Gasteiger partial charge in [0, 0.05) is 13.0 Å². The molecule has 2 rings (SSSR count). The monoisotopic (exact) mass is 241 g/mol. The highest BCUT2D eigenvalue weighted by Crippen LogP contribution is 2.60. The normalized spacial score (nSPS) is 25.4. The van der Waals surface area contributed by atoms with E-state index in [9.17, 15) is 13.6 Å². The third-order valence-corrected chi connectivity index (χ3v) is 3.31. The Labute approximate surface area is 97.6 Å². The molecule has 0 amide bonds. The van der Waals surface area contributed by atoms with E-state index >= 15 is 0 Å². The molecule has 92 valence electrons. The van der Waals surface area contributed by atoms with Gasteiger partial charge in [0.05, 0.1) is 18.1 Å². The van der Waals surface area contributed by atoms with E-state index in [4.69, 9.17) is 5.73 Å². The first kappa shape index (κ1) is 12.0. The highest BCUT2D eigenvalue weighted by molar-refractivity contribution is 5.89. The second-order valence-electron chi connectivity index (χ2n) is 4.24. The Balaban J connectivity index is 2.28. The van der Waals surface area contributed by atoms with Gasteiger partial charge in [0.1, 0.15) is 0 Å². The van der Waals surface area contributed by atoms with Gasteiger partial charge in [0.25, 0.3) is 5.92 Å². The Hall–Kier alpha value is -1.49. The van der Waals surface area contributed by atoms with E-state index in [0.29, 0.717) is 11.1 Å². The lowest BCUT2D eigenvalue weighted by Gasteiger charge is -2.14. The van der Waals surface area contributed by atoms with Gasteiger partial charge in [0.2, 0.25) is 0 Å². The minimum atomic E-state index is -2.74. The molecular formula is C12H13F2NO2. The third-order valence-electron chi connectivity index (χ3n) is 3.31. The van der Waals surface area contributed by atoms with Crippen LogP contribution < -0.4 is 5.73 Å². The minimum absolute atomic E-state index is 0.0996. The summed E-state index contributed by atoms with van der Waals surface area (Å²) >= 11 is 0. The summed E-state index contributed by atoms with van der Waals surface area (Å²) < 4.78 is 31.1. The van der Waals surface area contributed by atoms with E-state index in [0.717, 1.165) is 0 Å². The first-order valence-corrected chi connectivity index (χ1v) is 5.23. The fourth-order valence-electron chi connectivity index (χ4n) is 2.03. The topological polar surface area (TPSA) is 52.3 Å². The van der Waals surface area contributed by atoms with Gasteiger partial charge in [-0.3, -0.25) is 0 Å². The standard InChI is InChI=1S/C12H13F2NO2/c1-17-10(16)8-2-4-9(5-3-8)11(7-15)6-12(11,13)14/h2-5H,6-7,15H2,1H3. The molecule has 1 atom stereocenters. The van der Waals surface area contributed by atoms with Crippen LogP contribution in [0.4, 0.5) is 8.78 Å². The SMILES string of the molecule is COC(=O)c1ccc(C2(CN)CC2(F)F)cc1. The summed E-state index contributed by atoms with van der Waals surface area (Å²) in [5.74, 6) is -3.23. The average Bonchev–Trinajstić information content (AvgIpc) is 2.92. The van der Waals surface area contributed by atoms with Crippen molar-refractivity contribution in [3.8, 4) is 0 Å². The molecule has 2 N–H and O–H groups in total. The van der Waals surface area contributed by atoms with Crippen molar-refractivity contribution in [2.75, 3.05) is 13.7 Å². The molecule has 1 aromatic carbocycles. The van der Waals surface area contributed by atoms with Crippen molar-refractivity contribution in [3.05, 3.63) is 35.4 Å². The zero-order valence-electron chi connectivity index (χ0n) is 9.37. The van der Waals surface area contributed by atoms with Crippen LogP contribution in [0.5, 0.6) is 0 Å². The number of rotatable bonds is 3. The molecule has 1 aromatic rings. The van der Waals surface area contributed by atoms with E-state index in [1.807, 2.05) is 0 Å². The van der Waals surface area contributed by atoms with Crippen molar-refractivity contribution in [3.63, 3.8) is 0 Å². The summed E-state index contributed by atoms with van der Waals surface area (Å²) in [6.45, 7) is -0.0996. The molecule has 1 fully saturated rings. The van der Waals surface area contributed by atoms with Crippen molar-refractivity contribution in [1.29, 1.82) is 0 Å². The Morgan fingerprint density at radius 1 is 1.41 bits per heavy atom. The quantitative estimate of drug-likeness (QED) is 0.819. The van der Waals surface area contributed by atoms with Gasteiger partial charge in [-0.1, -0.05) is 12.1 Å². The molecule has 0 aliphatic heterocycles. The van der Waals surface area contributed by atoms with E-state index in [1.54, 1.807) is 0 Å². The van der Waals surface area contributed by atoms with Crippen LogP contribution in [-0.2, 0) is 10.2 Å². The van der Waals surface area contributed by atoms with E-state index in [-0.39, 0.29) is 13.0 Å². The number of carbonyl (C=O) groups excluding carboxylic acids is 1. The number of alkyl halides is 2. The minimum Gasteiger partial charge on any atom is -0.465 e. The molecule has 0 saturated heterocycles. The average molecular weight is 241 g/mol. The second kappa shape index (κ2) is 3.77. The summed E-state index contributed by atoms with van der Waals surface area (Å²) in [6, 6.07) is 5.99. The summed E-state index contributed by atoms with van der Waals surface area (Å²) in [7, 11) is 1.27. The van der Waals surface area contributed by atoms with Crippen LogP contribution in [0, 0.1) is 0 Å². The lowest BCUT2D eigenvalue weighted by molar-refractivity contribution is 0.0600. The van der Waals surface area contributed by atoms with Crippen LogP contribution in [0.3, 0.4) is 0 Å². The number of hydrogen-bond donors (Lipinski definition) is 1. The molecule has 0 radical (unpaired) electrons. The van der Waals surface area contributed by atoms with Crippen LogP contribution in [-0.4, -0.2) is 25.5 Å². The highest BCUT2D eigenvalue weighted by Gasteiger charge is 2.70. The van der Waals surface area contributed by atoms with Gasteiger partial charge in [-0.05, 0) is 17.7 Å². The molecular weight excluding hydrogens is 228 g/mol. The molecule has 17 heavy (non-hydrogen) atoms. The maximum absolute atomic E-state index is 13.3. The van der Waals surface area contributed by atoms with Crippen molar-refractivity contribution in [1.82, 2.24) is 0 Å². The van der Waals surface area contributed by atoms with Crippen molar-refractivity contribution < 1.29 is 18.3 Å². The number of nitrogens with two attached hydrogens (primary N) is 1. The van der Waals surface area contributed by atoms with Gasteiger partial charge < -0.3 is 10.5 Å². The number of esters is 1. The molecule has 0 spiro atoms. The summed E-state index contributed by atoms with van der Waals surface area (Å²) in [6.07, 6.45) is -0.228. The maximum atomic E-state index is 13.3. The van der Waals surface area contributed by atoms with Gasteiger partial charge in [0.15, 0.2) is 0 Å². The van der Waals surface area contributed by atoms with E-state index in [1.165, 1.54) is 31.4 Å². The molecule has 3 nitrogen and oxygen atoms in total. The van der Waals surface area contributed by atoms with E-state index in [2.05, 4.69) is 4.74 Å². The van der Waals surface area contributed by atoms with Crippen molar-refractivity contribution in [2.45, 2.75) is 17.8 Å². The largest absolute Gasteiger partial charge is 0.465 e. The Bertz CT molecular complexity index is 444. The molecule has 1 aliphatic carbocycles. The lowest BCUT2D eigenvalue weighted by Crippen LogP contribution is -2.26. The summed E-state index contributed by atoms with van der Waals surface area (Å²) in [5, 5.41) is 0. The van der Waals surface area contributed by atoms with Crippen LogP contribution in [0.1, 0.15) is 22.3 Å². The first-order chi connectivity index (χ1) is 7.97. The molecule has 5 heteroatoms. The van der Waals surface area contributed by atoms with Crippen molar-refractivity contribution in [2.24, 2.45) is 5.73 Å². The van der Waals surface area contributed by atoms with Crippen LogP contribution in [0.25, 0.3) is 0 Å². The van der Waals surface area contributed by atoms with Gasteiger partial charge in [-0.15, -0.1) is 0 Å². The lowest BCUT2D eigenvalue weighted by atomic mass is 9.94. The Morgan fingerprint density at radius 2 is 1.94 bits per heavy atom. The van der Waals surface area contributed by atoms with Gasteiger partial charge in [-0.25, -0.2) is 13.6 Å². The number of halogens is 2. The van der Waals surface area contributed by atoms with E-state index < -0.39 is 17.3 Å². The van der Waals surface area contributed by atoms with Gasteiger partial charge in [-0.2, -0.15) is 0 Å². The van der Waals surface area contributed by atoms with Crippen LogP contribution in [0.2, 0.25) is 0 Å².